The Hall–Kier alpha value is -2.37. The monoisotopic (exact) mass is 256 g/mol. The highest BCUT2D eigenvalue weighted by molar-refractivity contribution is 5.47. The van der Waals surface area contributed by atoms with Crippen LogP contribution in [0.4, 0.5) is 5.82 Å². The van der Waals surface area contributed by atoms with Crippen molar-refractivity contribution in [3.8, 4) is 0 Å². The quantitative estimate of drug-likeness (QED) is 0.769. The summed E-state index contributed by atoms with van der Waals surface area (Å²) in [7, 11) is 0. The lowest BCUT2D eigenvalue weighted by Crippen LogP contribution is -2.07. The molecule has 0 radical (unpaired) electrons. The van der Waals surface area contributed by atoms with Crippen molar-refractivity contribution < 1.29 is 0 Å². The summed E-state index contributed by atoms with van der Waals surface area (Å²) >= 11 is 0. The first-order chi connectivity index (χ1) is 9.19. The summed E-state index contributed by atoms with van der Waals surface area (Å²) < 4.78 is 3.84. The zero-order chi connectivity index (χ0) is 13.4. The van der Waals surface area contributed by atoms with Crippen molar-refractivity contribution in [2.75, 3.05) is 5.73 Å². The van der Waals surface area contributed by atoms with Gasteiger partial charge in [-0.05, 0) is 25.0 Å². The van der Waals surface area contributed by atoms with Gasteiger partial charge in [0.25, 0.3) is 0 Å². The molecule has 2 N–H and O–H groups in total. The maximum Gasteiger partial charge on any atom is 0.169 e. The molecule has 0 spiro atoms. The van der Waals surface area contributed by atoms with Crippen LogP contribution in [-0.4, -0.2) is 24.4 Å². The molecule has 0 aromatic carbocycles. The predicted molar refractivity (Wildman–Crippen MR) is 72.8 cm³/mol. The SMILES string of the molecule is CCc1c(N)nnn1Cc1cn2cccc(C)c2n1. The van der Waals surface area contributed by atoms with Gasteiger partial charge in [0.1, 0.15) is 5.65 Å². The molecule has 0 fully saturated rings. The third kappa shape index (κ3) is 1.95. The molecule has 98 valence electrons. The van der Waals surface area contributed by atoms with Crippen LogP contribution in [0.2, 0.25) is 0 Å². The first-order valence-electron chi connectivity index (χ1n) is 6.30. The summed E-state index contributed by atoms with van der Waals surface area (Å²) in [6, 6.07) is 4.07. The predicted octanol–water partition coefficient (Wildman–Crippen LogP) is 1.43. The molecule has 0 aliphatic heterocycles. The Morgan fingerprint density at radius 1 is 1.37 bits per heavy atom. The summed E-state index contributed by atoms with van der Waals surface area (Å²) in [5.74, 6) is 0.502. The molecule has 0 bridgehead atoms. The third-order valence-corrected chi connectivity index (χ3v) is 3.24. The van der Waals surface area contributed by atoms with Gasteiger partial charge in [0, 0.05) is 12.4 Å². The van der Waals surface area contributed by atoms with Gasteiger partial charge in [0.05, 0.1) is 17.9 Å². The highest BCUT2D eigenvalue weighted by atomic mass is 15.4. The Morgan fingerprint density at radius 3 is 2.95 bits per heavy atom. The largest absolute Gasteiger partial charge is 0.381 e. The van der Waals surface area contributed by atoms with Crippen LogP contribution >= 0.6 is 0 Å². The number of nitrogens with two attached hydrogens (primary N) is 1. The standard InChI is InChI=1S/C13H16N6/c1-3-11-12(14)16-17-19(11)8-10-7-18-6-4-5-9(2)13(18)15-10/h4-7H,3,8,14H2,1-2H3. The Labute approximate surface area is 110 Å². The van der Waals surface area contributed by atoms with E-state index >= 15 is 0 Å². The van der Waals surface area contributed by atoms with Gasteiger partial charge in [0.2, 0.25) is 0 Å². The van der Waals surface area contributed by atoms with E-state index < -0.39 is 0 Å². The van der Waals surface area contributed by atoms with Gasteiger partial charge in [-0.3, -0.25) is 0 Å². The summed E-state index contributed by atoms with van der Waals surface area (Å²) in [6.07, 6.45) is 4.82. The Morgan fingerprint density at radius 2 is 2.21 bits per heavy atom. The lowest BCUT2D eigenvalue weighted by atomic mass is 10.3. The Kier molecular flexibility index (Phi) is 2.70. The molecule has 0 unspecified atom stereocenters. The fraction of sp³-hybridized carbons (Fsp3) is 0.308. The summed E-state index contributed by atoms with van der Waals surface area (Å²) in [5.41, 5.74) is 9.82. The first kappa shape index (κ1) is 11.7. The summed E-state index contributed by atoms with van der Waals surface area (Å²) in [4.78, 5) is 4.63. The molecule has 6 heteroatoms. The molecule has 0 saturated carbocycles. The maximum atomic E-state index is 5.78. The molecule has 3 heterocycles. The topological polar surface area (TPSA) is 74.0 Å². The van der Waals surface area contributed by atoms with Gasteiger partial charge in [-0.15, -0.1) is 5.10 Å². The van der Waals surface area contributed by atoms with Crippen LogP contribution in [0.1, 0.15) is 23.9 Å². The highest BCUT2D eigenvalue weighted by Crippen LogP contribution is 2.13. The Balaban J connectivity index is 1.99. The van der Waals surface area contributed by atoms with Crippen molar-refractivity contribution in [3.05, 3.63) is 41.5 Å². The van der Waals surface area contributed by atoms with Crippen molar-refractivity contribution in [2.45, 2.75) is 26.8 Å². The van der Waals surface area contributed by atoms with E-state index in [-0.39, 0.29) is 0 Å². The number of hydrogen-bond donors (Lipinski definition) is 1. The van der Waals surface area contributed by atoms with Gasteiger partial charge in [0.15, 0.2) is 5.82 Å². The Bertz CT molecular complexity index is 724. The number of fused-ring (bicyclic) bond motifs is 1. The third-order valence-electron chi connectivity index (χ3n) is 3.24. The van der Waals surface area contributed by atoms with E-state index in [9.17, 15) is 0 Å². The van der Waals surface area contributed by atoms with E-state index in [0.717, 1.165) is 29.0 Å². The number of pyridine rings is 1. The number of aromatic nitrogens is 5. The van der Waals surface area contributed by atoms with Crippen molar-refractivity contribution in [3.63, 3.8) is 0 Å². The van der Waals surface area contributed by atoms with Gasteiger partial charge in [-0.25, -0.2) is 9.67 Å². The molecule has 3 aromatic heterocycles. The molecule has 0 saturated heterocycles. The van der Waals surface area contributed by atoms with Crippen molar-refractivity contribution >= 4 is 11.5 Å². The van der Waals surface area contributed by atoms with Crippen LogP contribution in [0.15, 0.2) is 24.5 Å². The second-order valence-corrected chi connectivity index (χ2v) is 4.59. The molecule has 0 aliphatic carbocycles. The lowest BCUT2D eigenvalue weighted by molar-refractivity contribution is 0.614. The molecule has 0 amide bonds. The van der Waals surface area contributed by atoms with Gasteiger partial charge < -0.3 is 10.1 Å². The van der Waals surface area contributed by atoms with Crippen LogP contribution in [0.25, 0.3) is 5.65 Å². The first-order valence-corrected chi connectivity index (χ1v) is 6.30. The van der Waals surface area contributed by atoms with E-state index in [1.165, 1.54) is 0 Å². The molecule has 19 heavy (non-hydrogen) atoms. The number of nitrogen functional groups attached to an aromatic ring is 1. The maximum absolute atomic E-state index is 5.78. The minimum absolute atomic E-state index is 0.502. The van der Waals surface area contributed by atoms with E-state index in [4.69, 9.17) is 5.73 Å². The number of nitrogens with zero attached hydrogens (tertiary/aromatic N) is 5. The van der Waals surface area contributed by atoms with Crippen molar-refractivity contribution in [1.29, 1.82) is 0 Å². The van der Waals surface area contributed by atoms with E-state index in [0.29, 0.717) is 12.4 Å². The van der Waals surface area contributed by atoms with Crippen LogP contribution in [0.5, 0.6) is 0 Å². The molecule has 6 nitrogen and oxygen atoms in total. The van der Waals surface area contributed by atoms with Crippen LogP contribution < -0.4 is 5.73 Å². The molecule has 0 atom stereocenters. The van der Waals surface area contributed by atoms with Gasteiger partial charge in [-0.1, -0.05) is 18.2 Å². The fourth-order valence-corrected chi connectivity index (χ4v) is 2.27. The normalized spacial score (nSPS) is 11.3. The zero-order valence-corrected chi connectivity index (χ0v) is 11.0. The smallest absolute Gasteiger partial charge is 0.169 e. The summed E-state index contributed by atoms with van der Waals surface area (Å²) in [5, 5.41) is 7.98. The van der Waals surface area contributed by atoms with E-state index in [1.54, 1.807) is 0 Å². The molecule has 3 aromatic rings. The van der Waals surface area contributed by atoms with Crippen molar-refractivity contribution in [2.24, 2.45) is 0 Å². The van der Waals surface area contributed by atoms with E-state index in [1.807, 2.05) is 34.5 Å². The molecule has 0 aliphatic rings. The minimum Gasteiger partial charge on any atom is -0.381 e. The number of imidazole rings is 1. The second-order valence-electron chi connectivity index (χ2n) is 4.59. The van der Waals surface area contributed by atoms with Crippen LogP contribution in [0, 0.1) is 6.92 Å². The summed E-state index contributed by atoms with van der Waals surface area (Å²) in [6.45, 7) is 4.69. The fourth-order valence-electron chi connectivity index (χ4n) is 2.27. The molecular formula is C13H16N6. The number of aryl methyl sites for hydroxylation is 1. The number of hydrogen-bond acceptors (Lipinski definition) is 4. The minimum atomic E-state index is 0.502. The average molecular weight is 256 g/mol. The second kappa shape index (κ2) is 4.38. The van der Waals surface area contributed by atoms with Crippen LogP contribution in [-0.2, 0) is 13.0 Å². The number of rotatable bonds is 3. The number of anilines is 1. The lowest BCUT2D eigenvalue weighted by Gasteiger charge is -2.01. The van der Waals surface area contributed by atoms with Gasteiger partial charge >= 0.3 is 0 Å². The molecule has 3 rings (SSSR count). The molecular weight excluding hydrogens is 240 g/mol. The van der Waals surface area contributed by atoms with Crippen molar-refractivity contribution in [1.82, 2.24) is 24.4 Å². The van der Waals surface area contributed by atoms with Gasteiger partial charge in [-0.2, -0.15) is 0 Å². The highest BCUT2D eigenvalue weighted by Gasteiger charge is 2.10. The van der Waals surface area contributed by atoms with E-state index in [2.05, 4.69) is 28.3 Å². The average Bonchev–Trinajstić information content (AvgIpc) is 2.94. The van der Waals surface area contributed by atoms with Crippen LogP contribution in [0.3, 0.4) is 0 Å². The zero-order valence-electron chi connectivity index (χ0n) is 11.0.